The van der Waals surface area contributed by atoms with E-state index >= 15 is 0 Å². The molecule has 0 bridgehead atoms. The van der Waals surface area contributed by atoms with E-state index in [9.17, 15) is 9.59 Å². The molecular formula is C27H25N5O4S. The second kappa shape index (κ2) is 10.5. The molecule has 37 heavy (non-hydrogen) atoms. The Bertz CT molecular complexity index is 1670. The lowest BCUT2D eigenvalue weighted by atomic mass is 9.96. The fraction of sp³-hybridized carbons (Fsp3) is 0.222. The number of nitrogens with zero attached hydrogens (tertiary/aromatic N) is 5. The molecular weight excluding hydrogens is 490 g/mol. The van der Waals surface area contributed by atoms with Crippen molar-refractivity contribution in [3.63, 3.8) is 0 Å². The van der Waals surface area contributed by atoms with Crippen LogP contribution in [0, 0.1) is 0 Å². The number of rotatable bonds is 7. The van der Waals surface area contributed by atoms with E-state index in [-0.39, 0.29) is 18.8 Å². The van der Waals surface area contributed by atoms with Crippen molar-refractivity contribution >= 4 is 23.4 Å². The topological polar surface area (TPSA) is 112 Å². The van der Waals surface area contributed by atoms with Crippen molar-refractivity contribution < 1.29 is 14.6 Å². The average molecular weight is 516 g/mol. The van der Waals surface area contributed by atoms with Gasteiger partial charge in [-0.05, 0) is 43.2 Å². The number of thiazole rings is 1. The molecule has 1 unspecified atom stereocenters. The Morgan fingerprint density at radius 3 is 2.76 bits per heavy atom. The first-order valence-corrected chi connectivity index (χ1v) is 12.7. The van der Waals surface area contributed by atoms with Crippen LogP contribution in [0.2, 0.25) is 0 Å². The first-order valence-electron chi connectivity index (χ1n) is 11.9. The zero-order chi connectivity index (χ0) is 25.9. The van der Waals surface area contributed by atoms with Crippen molar-refractivity contribution in [3.8, 4) is 5.69 Å². The fourth-order valence-electron chi connectivity index (χ4n) is 4.30. The predicted molar refractivity (Wildman–Crippen MR) is 139 cm³/mol. The Labute approximate surface area is 216 Å². The van der Waals surface area contributed by atoms with E-state index in [1.54, 1.807) is 29.3 Å². The first kappa shape index (κ1) is 24.5. The molecule has 0 saturated carbocycles. The highest BCUT2D eigenvalue weighted by molar-refractivity contribution is 7.07. The van der Waals surface area contributed by atoms with Gasteiger partial charge in [-0.15, -0.1) is 5.10 Å². The van der Waals surface area contributed by atoms with Gasteiger partial charge in [-0.3, -0.25) is 9.36 Å². The second-order valence-electron chi connectivity index (χ2n) is 8.44. The summed E-state index contributed by atoms with van der Waals surface area (Å²) in [4.78, 5) is 31.8. The summed E-state index contributed by atoms with van der Waals surface area (Å²) in [6.45, 7) is 3.75. The highest BCUT2D eigenvalue weighted by atomic mass is 32.1. The van der Waals surface area contributed by atoms with E-state index in [4.69, 9.17) is 9.84 Å². The quantitative estimate of drug-likeness (QED) is 0.377. The minimum Gasteiger partial charge on any atom is -0.463 e. The molecule has 0 saturated heterocycles. The standard InChI is InChI=1S/C27H25N5O4S/c1-3-36-26(35)23-17(2)28-27-32(24(23)19-9-5-4-6-10-19)25(34)22(37-27)15-18-8-7-11-21(14-18)31-16-20(12-13-33)29-30-31/h4-11,14-16,24,33H,3,12-13H2,1-2H3/b22-15-. The molecule has 0 amide bonds. The van der Waals surface area contributed by atoms with Crippen molar-refractivity contribution in [3.05, 3.63) is 109 Å². The van der Waals surface area contributed by atoms with Crippen LogP contribution < -0.4 is 14.9 Å². The number of benzene rings is 2. The molecule has 1 N–H and O–H groups in total. The Morgan fingerprint density at radius 2 is 2.00 bits per heavy atom. The molecule has 1 aliphatic rings. The normalized spacial score (nSPS) is 15.4. The zero-order valence-corrected chi connectivity index (χ0v) is 21.2. The molecule has 1 atom stereocenters. The monoisotopic (exact) mass is 515 g/mol. The summed E-state index contributed by atoms with van der Waals surface area (Å²) >= 11 is 1.28. The maximum atomic E-state index is 13.7. The molecule has 2 aromatic carbocycles. The van der Waals surface area contributed by atoms with E-state index in [0.29, 0.717) is 32.7 Å². The number of ether oxygens (including phenoxy) is 1. The number of fused-ring (bicyclic) bond motifs is 1. The average Bonchev–Trinajstić information content (AvgIpc) is 3.49. The van der Waals surface area contributed by atoms with E-state index in [2.05, 4.69) is 15.3 Å². The maximum Gasteiger partial charge on any atom is 0.338 e. The van der Waals surface area contributed by atoms with Gasteiger partial charge >= 0.3 is 5.97 Å². The number of aromatic nitrogens is 4. The van der Waals surface area contributed by atoms with Gasteiger partial charge in [0, 0.05) is 13.0 Å². The van der Waals surface area contributed by atoms with Crippen LogP contribution in [0.1, 0.15) is 36.7 Å². The molecule has 188 valence electrons. The lowest BCUT2D eigenvalue weighted by Gasteiger charge is -2.24. The molecule has 1 aliphatic heterocycles. The van der Waals surface area contributed by atoms with Crippen LogP contribution in [-0.2, 0) is 16.0 Å². The van der Waals surface area contributed by atoms with Crippen LogP contribution in [0.5, 0.6) is 0 Å². The van der Waals surface area contributed by atoms with Gasteiger partial charge in [0.05, 0.1) is 46.0 Å². The number of aliphatic hydroxyl groups excluding tert-OH is 1. The third-order valence-electron chi connectivity index (χ3n) is 5.97. The van der Waals surface area contributed by atoms with Crippen molar-refractivity contribution in [1.29, 1.82) is 0 Å². The lowest BCUT2D eigenvalue weighted by molar-refractivity contribution is -0.139. The molecule has 0 fully saturated rings. The highest BCUT2D eigenvalue weighted by Gasteiger charge is 2.33. The van der Waals surface area contributed by atoms with Crippen LogP contribution in [0.4, 0.5) is 0 Å². The van der Waals surface area contributed by atoms with Crippen LogP contribution in [0.3, 0.4) is 0 Å². The summed E-state index contributed by atoms with van der Waals surface area (Å²) in [6, 6.07) is 16.4. The van der Waals surface area contributed by atoms with Crippen molar-refractivity contribution in [2.75, 3.05) is 13.2 Å². The summed E-state index contributed by atoms with van der Waals surface area (Å²) in [5, 5.41) is 17.3. The SMILES string of the molecule is CCOC(=O)C1=C(C)N=c2s/c(=C\c3cccc(-n4cc(CCO)nn4)c3)c(=O)n2C1c1ccccc1. The Balaban J connectivity index is 1.61. The number of carbonyl (C=O) groups excluding carboxylic acids is 1. The highest BCUT2D eigenvalue weighted by Crippen LogP contribution is 2.30. The number of allylic oxidation sites excluding steroid dienone is 1. The summed E-state index contributed by atoms with van der Waals surface area (Å²) < 4.78 is 9.03. The van der Waals surface area contributed by atoms with Gasteiger partial charge in [-0.2, -0.15) is 0 Å². The third kappa shape index (κ3) is 4.81. The van der Waals surface area contributed by atoms with Gasteiger partial charge in [0.15, 0.2) is 4.80 Å². The van der Waals surface area contributed by atoms with E-state index < -0.39 is 12.0 Å². The van der Waals surface area contributed by atoms with Crippen LogP contribution in [0.25, 0.3) is 11.8 Å². The third-order valence-corrected chi connectivity index (χ3v) is 6.96. The number of aliphatic hydroxyl groups is 1. The molecule has 3 heterocycles. The second-order valence-corrected chi connectivity index (χ2v) is 9.45. The summed E-state index contributed by atoms with van der Waals surface area (Å²) in [5.74, 6) is -0.479. The maximum absolute atomic E-state index is 13.7. The number of carbonyl (C=O) groups is 1. The minimum atomic E-state index is -0.634. The molecule has 2 aromatic heterocycles. The lowest BCUT2D eigenvalue weighted by Crippen LogP contribution is -2.39. The van der Waals surface area contributed by atoms with Crippen molar-refractivity contribution in [1.82, 2.24) is 19.6 Å². The zero-order valence-electron chi connectivity index (χ0n) is 20.4. The van der Waals surface area contributed by atoms with Gasteiger partial charge in [-0.25, -0.2) is 14.5 Å². The molecule has 9 nitrogen and oxygen atoms in total. The Kier molecular flexibility index (Phi) is 6.93. The summed E-state index contributed by atoms with van der Waals surface area (Å²) in [5.41, 5.74) is 3.74. The van der Waals surface area contributed by atoms with E-state index in [0.717, 1.165) is 16.8 Å². The molecule has 5 rings (SSSR count). The Hall–Kier alpha value is -4.15. The van der Waals surface area contributed by atoms with Gasteiger partial charge < -0.3 is 9.84 Å². The smallest absolute Gasteiger partial charge is 0.338 e. The van der Waals surface area contributed by atoms with Crippen LogP contribution in [0.15, 0.2) is 81.9 Å². The van der Waals surface area contributed by atoms with Crippen molar-refractivity contribution in [2.45, 2.75) is 26.3 Å². The number of hydrogen-bond donors (Lipinski definition) is 1. The van der Waals surface area contributed by atoms with E-state index in [1.165, 1.54) is 11.3 Å². The molecule has 4 aromatic rings. The van der Waals surface area contributed by atoms with Gasteiger partial charge in [-0.1, -0.05) is 59.0 Å². The predicted octanol–water partition coefficient (Wildman–Crippen LogP) is 1.91. The molecule has 0 spiro atoms. The Morgan fingerprint density at radius 1 is 1.19 bits per heavy atom. The van der Waals surface area contributed by atoms with E-state index in [1.807, 2.05) is 60.7 Å². The van der Waals surface area contributed by atoms with Crippen molar-refractivity contribution in [2.24, 2.45) is 4.99 Å². The molecule has 0 radical (unpaired) electrons. The first-order chi connectivity index (χ1) is 18.0. The van der Waals surface area contributed by atoms with Gasteiger partial charge in [0.2, 0.25) is 0 Å². The van der Waals surface area contributed by atoms with Gasteiger partial charge in [0.25, 0.3) is 5.56 Å². The van der Waals surface area contributed by atoms with Crippen LogP contribution in [-0.4, -0.2) is 43.9 Å². The van der Waals surface area contributed by atoms with Gasteiger partial charge in [0.1, 0.15) is 0 Å². The number of esters is 1. The largest absolute Gasteiger partial charge is 0.463 e. The summed E-state index contributed by atoms with van der Waals surface area (Å²) in [7, 11) is 0. The number of hydrogen-bond acceptors (Lipinski definition) is 8. The molecule has 10 heteroatoms. The summed E-state index contributed by atoms with van der Waals surface area (Å²) in [6.07, 6.45) is 4.00. The minimum absolute atomic E-state index is 0.000734. The fourth-order valence-corrected chi connectivity index (χ4v) is 5.35. The molecule has 0 aliphatic carbocycles. The van der Waals surface area contributed by atoms with Crippen LogP contribution >= 0.6 is 11.3 Å².